The average molecular weight is 404 g/mol. The number of likely N-dealkylation sites (N-methyl/N-ethyl adjacent to an activating group) is 1. The molecule has 0 radical (unpaired) electrons. The second-order valence-corrected chi connectivity index (χ2v) is 6.38. The average Bonchev–Trinajstić information content (AvgIpc) is 2.41. The second kappa shape index (κ2) is 6.87. The number of hydrogen-bond acceptors (Lipinski definition) is 1. The fourth-order valence-electron chi connectivity index (χ4n) is 2.26. The third-order valence-electron chi connectivity index (χ3n) is 3.41. The van der Waals surface area contributed by atoms with Crippen molar-refractivity contribution in [3.63, 3.8) is 0 Å². The fourth-order valence-corrected chi connectivity index (χ4v) is 3.15. The van der Waals surface area contributed by atoms with Gasteiger partial charge in [0, 0.05) is 14.6 Å². The Morgan fingerprint density at radius 3 is 2.65 bits per heavy atom. The van der Waals surface area contributed by atoms with Crippen LogP contribution in [-0.4, -0.2) is 7.05 Å². The van der Waals surface area contributed by atoms with Gasteiger partial charge in [-0.2, -0.15) is 0 Å². The van der Waals surface area contributed by atoms with Gasteiger partial charge in [-0.15, -0.1) is 0 Å². The number of benzene rings is 2. The molecule has 2 rings (SSSR count). The van der Waals surface area contributed by atoms with Gasteiger partial charge in [-0.3, -0.25) is 0 Å². The quantitative estimate of drug-likeness (QED) is 0.716. The summed E-state index contributed by atoms with van der Waals surface area (Å²) in [5.74, 6) is -0.190. The number of halogens is 3. The molecule has 1 atom stereocenters. The first kappa shape index (κ1) is 15.7. The van der Waals surface area contributed by atoms with Crippen LogP contribution in [0, 0.1) is 16.3 Å². The molecule has 2 aromatic rings. The van der Waals surface area contributed by atoms with E-state index in [-0.39, 0.29) is 11.9 Å². The van der Waals surface area contributed by atoms with Crippen LogP contribution in [-0.2, 0) is 6.42 Å². The summed E-state index contributed by atoms with van der Waals surface area (Å²) in [5, 5.41) is 4.05. The summed E-state index contributed by atoms with van der Waals surface area (Å²) in [6, 6.07) is 11.0. The molecule has 0 amide bonds. The van der Waals surface area contributed by atoms with Crippen molar-refractivity contribution in [3.05, 3.63) is 67.5 Å². The molecular formula is C16H16ClFIN. The Kier molecular flexibility index (Phi) is 5.41. The van der Waals surface area contributed by atoms with Crippen LogP contribution in [0.4, 0.5) is 4.39 Å². The standard InChI is InChI=1S/C16H16ClFIN/c1-10-7-13(18)5-3-11(10)8-16(20-2)14-9-12(17)4-6-15(14)19/h3-7,9,16,20H,8H2,1-2H3. The molecule has 1 unspecified atom stereocenters. The summed E-state index contributed by atoms with van der Waals surface area (Å²) in [6.07, 6.45) is 0.805. The molecule has 0 bridgehead atoms. The first-order valence-corrected chi connectivity index (χ1v) is 7.84. The molecular weight excluding hydrogens is 388 g/mol. The van der Waals surface area contributed by atoms with Crippen LogP contribution < -0.4 is 5.32 Å². The molecule has 2 aromatic carbocycles. The molecule has 0 spiro atoms. The van der Waals surface area contributed by atoms with Gasteiger partial charge < -0.3 is 5.32 Å². The maximum absolute atomic E-state index is 13.2. The summed E-state index contributed by atoms with van der Waals surface area (Å²) in [7, 11) is 1.93. The first-order chi connectivity index (χ1) is 9.51. The van der Waals surface area contributed by atoms with Crippen molar-refractivity contribution in [1.29, 1.82) is 0 Å². The number of hydrogen-bond donors (Lipinski definition) is 1. The topological polar surface area (TPSA) is 12.0 Å². The van der Waals surface area contributed by atoms with E-state index in [1.165, 1.54) is 15.2 Å². The summed E-state index contributed by atoms with van der Waals surface area (Å²) < 4.78 is 14.3. The summed E-state index contributed by atoms with van der Waals surface area (Å²) in [6.45, 7) is 1.94. The Bertz CT molecular complexity index is 615. The molecule has 0 heterocycles. The van der Waals surface area contributed by atoms with E-state index in [4.69, 9.17) is 11.6 Å². The third kappa shape index (κ3) is 3.71. The highest BCUT2D eigenvalue weighted by Gasteiger charge is 2.15. The zero-order chi connectivity index (χ0) is 14.7. The van der Waals surface area contributed by atoms with Crippen molar-refractivity contribution >= 4 is 34.2 Å². The van der Waals surface area contributed by atoms with Gasteiger partial charge in [0.1, 0.15) is 5.82 Å². The highest BCUT2D eigenvalue weighted by molar-refractivity contribution is 14.1. The minimum atomic E-state index is -0.190. The monoisotopic (exact) mass is 403 g/mol. The van der Waals surface area contributed by atoms with Crippen LogP contribution in [0.1, 0.15) is 22.7 Å². The van der Waals surface area contributed by atoms with E-state index in [9.17, 15) is 4.39 Å². The smallest absolute Gasteiger partial charge is 0.123 e. The van der Waals surface area contributed by atoms with Crippen LogP contribution in [0.3, 0.4) is 0 Å². The van der Waals surface area contributed by atoms with Crippen LogP contribution >= 0.6 is 34.2 Å². The number of nitrogens with one attached hydrogen (secondary N) is 1. The van der Waals surface area contributed by atoms with E-state index < -0.39 is 0 Å². The zero-order valence-corrected chi connectivity index (χ0v) is 14.3. The Morgan fingerprint density at radius 2 is 2.00 bits per heavy atom. The summed E-state index contributed by atoms with van der Waals surface area (Å²) in [5.41, 5.74) is 3.29. The summed E-state index contributed by atoms with van der Waals surface area (Å²) in [4.78, 5) is 0. The first-order valence-electron chi connectivity index (χ1n) is 6.38. The molecule has 1 N–H and O–H groups in total. The largest absolute Gasteiger partial charge is 0.313 e. The fraction of sp³-hybridized carbons (Fsp3) is 0.250. The highest BCUT2D eigenvalue weighted by atomic mass is 127. The molecule has 20 heavy (non-hydrogen) atoms. The Hall–Kier alpha value is -0.650. The van der Waals surface area contributed by atoms with Gasteiger partial charge in [0.15, 0.2) is 0 Å². The highest BCUT2D eigenvalue weighted by Crippen LogP contribution is 2.27. The predicted molar refractivity (Wildman–Crippen MR) is 90.8 cm³/mol. The van der Waals surface area contributed by atoms with Crippen molar-refractivity contribution in [2.75, 3.05) is 7.05 Å². The minimum absolute atomic E-state index is 0.157. The van der Waals surface area contributed by atoms with Crippen LogP contribution in [0.5, 0.6) is 0 Å². The lowest BCUT2D eigenvalue weighted by Crippen LogP contribution is -2.20. The van der Waals surface area contributed by atoms with Gasteiger partial charge in [0.2, 0.25) is 0 Å². The normalized spacial score (nSPS) is 12.4. The van der Waals surface area contributed by atoms with E-state index in [0.29, 0.717) is 0 Å². The van der Waals surface area contributed by atoms with Crippen LogP contribution in [0.15, 0.2) is 36.4 Å². The molecule has 0 aromatic heterocycles. The number of rotatable bonds is 4. The Labute approximate surface area is 137 Å². The van der Waals surface area contributed by atoms with Crippen molar-refractivity contribution in [2.24, 2.45) is 0 Å². The van der Waals surface area contributed by atoms with E-state index >= 15 is 0 Å². The van der Waals surface area contributed by atoms with Crippen molar-refractivity contribution in [1.82, 2.24) is 5.32 Å². The zero-order valence-electron chi connectivity index (χ0n) is 11.4. The van der Waals surface area contributed by atoms with Gasteiger partial charge in [-0.1, -0.05) is 17.7 Å². The molecule has 0 aliphatic rings. The van der Waals surface area contributed by atoms with E-state index in [0.717, 1.165) is 22.6 Å². The van der Waals surface area contributed by atoms with Crippen molar-refractivity contribution in [3.8, 4) is 0 Å². The molecule has 0 fully saturated rings. The lowest BCUT2D eigenvalue weighted by atomic mass is 9.96. The van der Waals surface area contributed by atoms with Crippen LogP contribution in [0.2, 0.25) is 5.02 Å². The van der Waals surface area contributed by atoms with E-state index in [2.05, 4.69) is 27.9 Å². The van der Waals surface area contributed by atoms with Gasteiger partial charge in [-0.05, 0) is 90.0 Å². The third-order valence-corrected chi connectivity index (χ3v) is 4.63. The lowest BCUT2D eigenvalue weighted by Gasteiger charge is -2.20. The molecule has 0 aliphatic heterocycles. The van der Waals surface area contributed by atoms with E-state index in [1.807, 2.05) is 38.2 Å². The second-order valence-electron chi connectivity index (χ2n) is 4.78. The molecule has 0 saturated heterocycles. The van der Waals surface area contributed by atoms with Crippen LogP contribution in [0.25, 0.3) is 0 Å². The van der Waals surface area contributed by atoms with Gasteiger partial charge in [-0.25, -0.2) is 4.39 Å². The Balaban J connectivity index is 2.31. The molecule has 4 heteroatoms. The molecule has 0 saturated carbocycles. The minimum Gasteiger partial charge on any atom is -0.313 e. The summed E-state index contributed by atoms with van der Waals surface area (Å²) >= 11 is 8.41. The van der Waals surface area contributed by atoms with Crippen molar-refractivity contribution in [2.45, 2.75) is 19.4 Å². The van der Waals surface area contributed by atoms with Gasteiger partial charge in [0.05, 0.1) is 0 Å². The van der Waals surface area contributed by atoms with Gasteiger partial charge in [0.25, 0.3) is 0 Å². The lowest BCUT2D eigenvalue weighted by molar-refractivity contribution is 0.584. The SMILES string of the molecule is CNC(Cc1ccc(F)cc1C)c1cc(Cl)ccc1I. The number of aryl methyl sites for hydroxylation is 1. The predicted octanol–water partition coefficient (Wildman–Crippen LogP) is 4.90. The maximum atomic E-state index is 13.2. The Morgan fingerprint density at radius 1 is 1.25 bits per heavy atom. The molecule has 1 nitrogen and oxygen atoms in total. The van der Waals surface area contributed by atoms with Gasteiger partial charge >= 0.3 is 0 Å². The molecule has 0 aliphatic carbocycles. The van der Waals surface area contributed by atoms with Crippen molar-refractivity contribution < 1.29 is 4.39 Å². The molecule has 106 valence electrons. The maximum Gasteiger partial charge on any atom is 0.123 e. The van der Waals surface area contributed by atoms with E-state index in [1.54, 1.807) is 6.07 Å².